The maximum Gasteiger partial charge on any atom is 0 e. The molecule has 5 aromatic carbocycles. The molecule has 8 aromatic rings. The van der Waals surface area contributed by atoms with Gasteiger partial charge in [0.25, 0.3) is 0 Å². The number of hydrogen-bond donors (Lipinski definition) is 0. The van der Waals surface area contributed by atoms with Crippen LogP contribution in [-0.4, -0.2) is 23.2 Å². The first-order valence-corrected chi connectivity index (χ1v) is 25.6. The second-order valence-corrected chi connectivity index (χ2v) is 26.6. The summed E-state index contributed by atoms with van der Waals surface area (Å²) in [5.41, 5.74) is 14.2. The molecule has 0 amide bonds. The van der Waals surface area contributed by atoms with Crippen molar-refractivity contribution in [2.75, 3.05) is 0 Å². The van der Waals surface area contributed by atoms with E-state index in [0.29, 0.717) is 0 Å². The molecule has 0 spiro atoms. The molecule has 3 heterocycles. The van der Waals surface area contributed by atoms with Crippen LogP contribution in [0.4, 0.5) is 0 Å². The van der Waals surface area contributed by atoms with Gasteiger partial charge < -0.3 is 9.40 Å². The zero-order valence-electron chi connectivity index (χ0n) is 32.3. The topological polar surface area (TPSA) is 38.9 Å². The first-order valence-electron chi connectivity index (χ1n) is 18.3. The smallest absolute Gasteiger partial charge is 0 e. The van der Waals surface area contributed by atoms with E-state index in [-0.39, 0.29) is 25.5 Å². The summed E-state index contributed by atoms with van der Waals surface area (Å²) in [5, 5.41) is 2.19. The fraction of sp³-hybridized carbons (Fsp3) is 0.184. The number of aryl methyl sites for hydroxylation is 2. The summed E-state index contributed by atoms with van der Waals surface area (Å²) in [5.74, 6) is 7.17. The van der Waals surface area contributed by atoms with Crippen molar-refractivity contribution in [2.24, 2.45) is 0 Å². The third-order valence-electron chi connectivity index (χ3n) is 9.81. The fourth-order valence-corrected chi connectivity index (χ4v) is 8.82. The van der Waals surface area contributed by atoms with Crippen molar-refractivity contribution in [3.8, 4) is 44.8 Å². The maximum atomic E-state index is 6.36. The molecule has 0 N–H and O–H groups in total. The summed E-state index contributed by atoms with van der Waals surface area (Å²) in [6, 6.07) is 49.2. The molecule has 3 aromatic heterocycles. The van der Waals surface area contributed by atoms with E-state index in [2.05, 4.69) is 183 Å². The minimum atomic E-state index is -1.74. The van der Waals surface area contributed by atoms with Gasteiger partial charge in [-0.2, -0.15) is 0 Å². The van der Waals surface area contributed by atoms with Crippen LogP contribution in [0.15, 0.2) is 138 Å². The van der Waals surface area contributed by atoms with Gasteiger partial charge in [-0.15, -0.1) is 18.2 Å². The summed E-state index contributed by atoms with van der Waals surface area (Å²) >= 11 is -1.74. The molecule has 0 atom stereocenters. The summed E-state index contributed by atoms with van der Waals surface area (Å²) in [7, 11) is 0. The molecule has 8 rings (SSSR count). The van der Waals surface area contributed by atoms with Crippen LogP contribution in [-0.2, 0) is 25.5 Å². The number of rotatable bonds is 5. The van der Waals surface area contributed by atoms with Crippen LogP contribution in [0.1, 0.15) is 37.5 Å². The molecule has 0 saturated heterocycles. The molecule has 0 aliphatic carbocycles. The second kappa shape index (κ2) is 16.0. The molecule has 5 heteroatoms. The van der Waals surface area contributed by atoms with Crippen LogP contribution in [0.25, 0.3) is 66.7 Å². The van der Waals surface area contributed by atoms with E-state index in [0.717, 1.165) is 44.5 Å². The Kier molecular flexibility index (Phi) is 11.6. The SMILES string of the molecule is CC(C)(C)c1ccnc(-c2[c-]ccc3c2oc2ccc(-c4ccc(-c5ccccc5)cc4)cc23)c1.Cc1c[c-]c(-c2cc[c]([Ge]([CH3])([CH3])[CH3])cn2)c(C)c1.[Ir]. The standard InChI is InChI=1S/C33H26NO.C16H20GeN.Ir/c1-33(2,3)26-18-19-34-30(21-26)28-11-7-10-27-29-20-25(16-17-31(29)35-32(27)28)24-14-12-23(13-15-24)22-8-5-4-6-9-22;1-12-6-8-15(13(2)10-12)16-9-7-14(11-18-16)17(3,4)5;/h4-10,12-21H,1-3H3;6-7,9-11H,1-5H3;/q2*-1;. The molecule has 54 heavy (non-hydrogen) atoms. The Morgan fingerprint density at radius 2 is 1.31 bits per heavy atom. The van der Waals surface area contributed by atoms with Gasteiger partial charge in [0.15, 0.2) is 0 Å². The van der Waals surface area contributed by atoms with Gasteiger partial charge in [-0.1, -0.05) is 98.5 Å². The van der Waals surface area contributed by atoms with E-state index in [1.807, 2.05) is 24.4 Å². The zero-order chi connectivity index (χ0) is 37.3. The number of hydrogen-bond acceptors (Lipinski definition) is 3. The van der Waals surface area contributed by atoms with Gasteiger partial charge in [0.05, 0.1) is 5.58 Å². The molecular formula is C49H46GeIrN2O-2. The summed E-state index contributed by atoms with van der Waals surface area (Å²) in [6.07, 6.45) is 3.94. The Bertz CT molecular complexity index is 2520. The minimum Gasteiger partial charge on any atom is 0 e. The predicted octanol–water partition coefficient (Wildman–Crippen LogP) is 12.8. The Morgan fingerprint density at radius 1 is 0.630 bits per heavy atom. The van der Waals surface area contributed by atoms with Crippen molar-refractivity contribution in [3.05, 3.63) is 163 Å². The van der Waals surface area contributed by atoms with Crippen molar-refractivity contribution in [1.29, 1.82) is 0 Å². The van der Waals surface area contributed by atoms with Crippen molar-refractivity contribution in [2.45, 2.75) is 57.3 Å². The molecule has 3 nitrogen and oxygen atoms in total. The first kappa shape index (κ1) is 39.1. The third kappa shape index (κ3) is 8.52. The molecular weight excluding hydrogens is 897 g/mol. The number of furan rings is 1. The van der Waals surface area contributed by atoms with Crippen molar-refractivity contribution in [1.82, 2.24) is 9.97 Å². The molecule has 0 unspecified atom stereocenters. The molecule has 0 bridgehead atoms. The number of benzene rings is 5. The number of aromatic nitrogens is 2. The largest absolute Gasteiger partial charge is 0 e. The number of fused-ring (bicyclic) bond motifs is 3. The van der Waals surface area contributed by atoms with Crippen LogP contribution in [0, 0.1) is 26.0 Å². The molecule has 0 fully saturated rings. The van der Waals surface area contributed by atoms with E-state index < -0.39 is 13.3 Å². The Morgan fingerprint density at radius 3 is 1.96 bits per heavy atom. The minimum absolute atomic E-state index is 0. The molecule has 273 valence electrons. The predicted molar refractivity (Wildman–Crippen MR) is 226 cm³/mol. The molecule has 0 aliphatic rings. The number of nitrogens with zero attached hydrogens (tertiary/aromatic N) is 2. The zero-order valence-corrected chi connectivity index (χ0v) is 36.8. The van der Waals surface area contributed by atoms with Gasteiger partial charge in [0.1, 0.15) is 5.58 Å². The van der Waals surface area contributed by atoms with Crippen molar-refractivity contribution >= 4 is 39.6 Å². The van der Waals surface area contributed by atoms with Crippen molar-refractivity contribution in [3.63, 3.8) is 0 Å². The van der Waals surface area contributed by atoms with E-state index in [9.17, 15) is 0 Å². The molecule has 0 saturated carbocycles. The van der Waals surface area contributed by atoms with Gasteiger partial charge in [0, 0.05) is 31.7 Å². The maximum absolute atomic E-state index is 6.36. The van der Waals surface area contributed by atoms with Crippen LogP contribution in [0.2, 0.25) is 17.3 Å². The van der Waals surface area contributed by atoms with Crippen LogP contribution < -0.4 is 4.40 Å². The van der Waals surface area contributed by atoms with E-state index in [1.54, 1.807) is 0 Å². The average Bonchev–Trinajstić information content (AvgIpc) is 3.53. The molecule has 1 radical (unpaired) electrons. The third-order valence-corrected chi connectivity index (χ3v) is 14.1. The van der Waals surface area contributed by atoms with Crippen molar-refractivity contribution < 1.29 is 24.5 Å². The second-order valence-electron chi connectivity index (χ2n) is 15.9. The van der Waals surface area contributed by atoms with Gasteiger partial charge in [-0.25, -0.2) is 0 Å². The summed E-state index contributed by atoms with van der Waals surface area (Å²) in [6.45, 7) is 10.9. The summed E-state index contributed by atoms with van der Waals surface area (Å²) < 4.78 is 7.81. The number of pyridine rings is 2. The van der Waals surface area contributed by atoms with Crippen LogP contribution in [0.5, 0.6) is 0 Å². The van der Waals surface area contributed by atoms with Gasteiger partial charge in [0.2, 0.25) is 0 Å². The van der Waals surface area contributed by atoms with Crippen LogP contribution in [0.3, 0.4) is 0 Å². The average molecular weight is 944 g/mol. The van der Waals surface area contributed by atoms with Gasteiger partial charge in [-0.3, -0.25) is 0 Å². The van der Waals surface area contributed by atoms with E-state index >= 15 is 0 Å². The summed E-state index contributed by atoms with van der Waals surface area (Å²) in [4.78, 5) is 9.27. The van der Waals surface area contributed by atoms with Gasteiger partial charge in [-0.05, 0) is 57.1 Å². The first-order chi connectivity index (χ1) is 25.3. The quantitative estimate of drug-likeness (QED) is 0.127. The van der Waals surface area contributed by atoms with E-state index in [1.165, 1.54) is 43.3 Å². The monoisotopic (exact) mass is 945 g/mol. The molecule has 0 aliphatic heterocycles. The Hall–Kier alpha value is -4.61. The van der Waals surface area contributed by atoms with E-state index in [4.69, 9.17) is 4.42 Å². The Balaban J connectivity index is 0.000000222. The Labute approximate surface area is 336 Å². The van der Waals surface area contributed by atoms with Crippen LogP contribution >= 0.6 is 0 Å². The fourth-order valence-electron chi connectivity index (χ4n) is 6.65. The van der Waals surface area contributed by atoms with Gasteiger partial charge >= 0.3 is 113 Å². The normalized spacial score (nSPS) is 11.6.